The van der Waals surface area contributed by atoms with Crippen LogP contribution in [-0.4, -0.2) is 31.8 Å². The first-order chi connectivity index (χ1) is 9.70. The molecule has 1 fully saturated rings. The number of amides is 1. The molecule has 0 radical (unpaired) electrons. The first kappa shape index (κ1) is 16.8. The lowest BCUT2D eigenvalue weighted by Crippen LogP contribution is -2.44. The standard InChI is InChI=1S/C14H17BrClNO3S/c1-9-5-6-17(10(2)7-9)14(18)12-8-11(21(16,19)20)3-4-13(12)15/h3-4,8-10H,5-7H2,1-2H3. The average Bonchev–Trinajstić information content (AvgIpc) is 2.37. The highest BCUT2D eigenvalue weighted by atomic mass is 79.9. The van der Waals surface area contributed by atoms with Crippen LogP contribution in [-0.2, 0) is 9.05 Å². The van der Waals surface area contributed by atoms with Gasteiger partial charge in [-0.05, 0) is 59.8 Å². The Morgan fingerprint density at radius 3 is 2.62 bits per heavy atom. The summed E-state index contributed by atoms with van der Waals surface area (Å²) in [6.45, 7) is 4.88. The van der Waals surface area contributed by atoms with Crippen LogP contribution in [0.25, 0.3) is 0 Å². The van der Waals surface area contributed by atoms with Gasteiger partial charge in [-0.2, -0.15) is 0 Å². The third kappa shape index (κ3) is 3.79. The van der Waals surface area contributed by atoms with Crippen molar-refractivity contribution < 1.29 is 13.2 Å². The maximum absolute atomic E-state index is 12.7. The normalized spacial score (nSPS) is 23.1. The van der Waals surface area contributed by atoms with Gasteiger partial charge in [0, 0.05) is 27.7 Å². The Hall–Kier alpha value is -0.590. The molecule has 2 unspecified atom stereocenters. The van der Waals surface area contributed by atoms with Crippen molar-refractivity contribution in [3.8, 4) is 0 Å². The summed E-state index contributed by atoms with van der Waals surface area (Å²) in [5.74, 6) is 0.436. The summed E-state index contributed by atoms with van der Waals surface area (Å²) in [4.78, 5) is 14.4. The van der Waals surface area contributed by atoms with Crippen LogP contribution in [0.4, 0.5) is 0 Å². The molecular formula is C14H17BrClNO3S. The van der Waals surface area contributed by atoms with Crippen molar-refractivity contribution in [1.29, 1.82) is 0 Å². The number of piperidine rings is 1. The summed E-state index contributed by atoms with van der Waals surface area (Å²) in [5, 5.41) is 0. The van der Waals surface area contributed by atoms with Gasteiger partial charge in [-0.1, -0.05) is 6.92 Å². The van der Waals surface area contributed by atoms with Crippen molar-refractivity contribution in [2.24, 2.45) is 5.92 Å². The molecule has 21 heavy (non-hydrogen) atoms. The second-order valence-electron chi connectivity index (χ2n) is 5.56. The number of carbonyl (C=O) groups is 1. The zero-order chi connectivity index (χ0) is 15.8. The molecule has 0 spiro atoms. The summed E-state index contributed by atoms with van der Waals surface area (Å²) in [7, 11) is 1.51. The van der Waals surface area contributed by atoms with Crippen LogP contribution < -0.4 is 0 Å². The molecule has 116 valence electrons. The highest BCUT2D eigenvalue weighted by Gasteiger charge is 2.29. The summed E-state index contributed by atoms with van der Waals surface area (Å²) in [6, 6.07) is 4.40. The minimum absolute atomic E-state index is 0.0613. The first-order valence-corrected chi connectivity index (χ1v) is 9.85. The zero-order valence-corrected chi connectivity index (χ0v) is 15.0. The molecule has 1 aliphatic rings. The van der Waals surface area contributed by atoms with Gasteiger partial charge < -0.3 is 4.90 Å². The second kappa shape index (κ2) is 6.26. The zero-order valence-electron chi connectivity index (χ0n) is 11.8. The van der Waals surface area contributed by atoms with Gasteiger partial charge in [-0.25, -0.2) is 8.42 Å². The number of carbonyl (C=O) groups excluding carboxylic acids is 1. The Kier molecular flexibility index (Phi) is 5.00. The first-order valence-electron chi connectivity index (χ1n) is 6.75. The van der Waals surface area contributed by atoms with E-state index in [0.29, 0.717) is 22.5 Å². The molecule has 1 amide bonds. The van der Waals surface area contributed by atoms with Crippen LogP contribution in [0.1, 0.15) is 37.0 Å². The van der Waals surface area contributed by atoms with Crippen molar-refractivity contribution in [2.75, 3.05) is 6.54 Å². The number of benzene rings is 1. The summed E-state index contributed by atoms with van der Waals surface area (Å²) < 4.78 is 23.4. The Morgan fingerprint density at radius 2 is 2.05 bits per heavy atom. The predicted octanol–water partition coefficient (Wildman–Crippen LogP) is 3.64. The molecule has 2 atom stereocenters. The molecule has 0 N–H and O–H groups in total. The Morgan fingerprint density at radius 1 is 1.38 bits per heavy atom. The van der Waals surface area contributed by atoms with E-state index < -0.39 is 9.05 Å². The Balaban J connectivity index is 2.35. The van der Waals surface area contributed by atoms with Gasteiger partial charge in [0.15, 0.2) is 0 Å². The molecule has 1 heterocycles. The summed E-state index contributed by atoms with van der Waals surface area (Å²) in [5.41, 5.74) is 0.332. The molecule has 1 aromatic rings. The highest BCUT2D eigenvalue weighted by molar-refractivity contribution is 9.10. The number of likely N-dealkylation sites (tertiary alicyclic amines) is 1. The third-order valence-electron chi connectivity index (χ3n) is 3.85. The molecule has 0 bridgehead atoms. The summed E-state index contributed by atoms with van der Waals surface area (Å²) in [6.07, 6.45) is 1.91. The lowest BCUT2D eigenvalue weighted by atomic mass is 9.93. The second-order valence-corrected chi connectivity index (χ2v) is 8.98. The summed E-state index contributed by atoms with van der Waals surface area (Å²) >= 11 is 3.31. The van der Waals surface area contributed by atoms with Gasteiger partial charge in [-0.3, -0.25) is 4.79 Å². The fourth-order valence-corrected chi connectivity index (χ4v) is 3.88. The molecule has 1 aromatic carbocycles. The predicted molar refractivity (Wildman–Crippen MR) is 86.1 cm³/mol. The van der Waals surface area contributed by atoms with Gasteiger partial charge in [0.05, 0.1) is 10.5 Å². The van der Waals surface area contributed by atoms with Crippen LogP contribution >= 0.6 is 26.6 Å². The van der Waals surface area contributed by atoms with E-state index in [2.05, 4.69) is 22.9 Å². The maximum Gasteiger partial charge on any atom is 0.261 e. The fraction of sp³-hybridized carbons (Fsp3) is 0.500. The quantitative estimate of drug-likeness (QED) is 0.720. The van der Waals surface area contributed by atoms with E-state index >= 15 is 0 Å². The number of halogens is 2. The Labute approximate surface area is 138 Å². The number of hydrogen-bond acceptors (Lipinski definition) is 3. The van der Waals surface area contributed by atoms with Gasteiger partial charge in [0.1, 0.15) is 0 Å². The minimum Gasteiger partial charge on any atom is -0.336 e. The number of rotatable bonds is 2. The Bertz CT molecular complexity index is 662. The van der Waals surface area contributed by atoms with E-state index in [1.165, 1.54) is 12.1 Å². The van der Waals surface area contributed by atoms with E-state index in [1.807, 2.05) is 6.92 Å². The van der Waals surface area contributed by atoms with Gasteiger partial charge in [0.25, 0.3) is 15.0 Å². The van der Waals surface area contributed by atoms with Crippen LogP contribution in [0.5, 0.6) is 0 Å². The van der Waals surface area contributed by atoms with E-state index in [-0.39, 0.29) is 16.8 Å². The molecule has 0 aliphatic carbocycles. The number of hydrogen-bond donors (Lipinski definition) is 0. The van der Waals surface area contributed by atoms with Crippen molar-refractivity contribution in [3.63, 3.8) is 0 Å². The van der Waals surface area contributed by atoms with Crippen LogP contribution in [0, 0.1) is 5.92 Å². The lowest BCUT2D eigenvalue weighted by Gasteiger charge is -2.36. The molecule has 4 nitrogen and oxygen atoms in total. The smallest absolute Gasteiger partial charge is 0.261 e. The number of nitrogens with zero attached hydrogens (tertiary/aromatic N) is 1. The topological polar surface area (TPSA) is 54.5 Å². The minimum atomic E-state index is -3.85. The monoisotopic (exact) mass is 393 g/mol. The van der Waals surface area contributed by atoms with Gasteiger partial charge in [-0.15, -0.1) is 0 Å². The van der Waals surface area contributed by atoms with E-state index in [0.717, 1.165) is 12.8 Å². The van der Waals surface area contributed by atoms with Gasteiger partial charge in [0.2, 0.25) is 0 Å². The van der Waals surface area contributed by atoms with Crippen molar-refractivity contribution >= 4 is 41.6 Å². The third-order valence-corrected chi connectivity index (χ3v) is 5.89. The SMILES string of the molecule is CC1CCN(C(=O)c2cc(S(=O)(=O)Cl)ccc2Br)C(C)C1. The van der Waals surface area contributed by atoms with Crippen molar-refractivity contribution in [2.45, 2.75) is 37.6 Å². The van der Waals surface area contributed by atoms with E-state index in [1.54, 1.807) is 11.0 Å². The largest absolute Gasteiger partial charge is 0.336 e. The van der Waals surface area contributed by atoms with Gasteiger partial charge >= 0.3 is 0 Å². The fourth-order valence-electron chi connectivity index (χ4n) is 2.68. The molecule has 1 saturated heterocycles. The van der Waals surface area contributed by atoms with Crippen molar-refractivity contribution in [1.82, 2.24) is 4.90 Å². The van der Waals surface area contributed by atoms with Crippen LogP contribution in [0.15, 0.2) is 27.6 Å². The molecule has 2 rings (SSSR count). The lowest BCUT2D eigenvalue weighted by molar-refractivity contribution is 0.0587. The molecular weight excluding hydrogens is 378 g/mol. The molecule has 0 aromatic heterocycles. The molecule has 0 saturated carbocycles. The van der Waals surface area contributed by atoms with Crippen molar-refractivity contribution in [3.05, 3.63) is 28.2 Å². The van der Waals surface area contributed by atoms with Crippen LogP contribution in [0.2, 0.25) is 0 Å². The average molecular weight is 395 g/mol. The maximum atomic E-state index is 12.7. The molecule has 7 heteroatoms. The molecule has 1 aliphatic heterocycles. The highest BCUT2D eigenvalue weighted by Crippen LogP contribution is 2.28. The van der Waals surface area contributed by atoms with Crippen LogP contribution in [0.3, 0.4) is 0 Å². The van der Waals surface area contributed by atoms with E-state index in [4.69, 9.17) is 10.7 Å². The van der Waals surface area contributed by atoms with E-state index in [9.17, 15) is 13.2 Å².